The van der Waals surface area contributed by atoms with Gasteiger partial charge in [-0.3, -0.25) is 5.10 Å². The van der Waals surface area contributed by atoms with Crippen molar-refractivity contribution in [3.05, 3.63) is 47.6 Å². The Labute approximate surface area is 134 Å². The van der Waals surface area contributed by atoms with Gasteiger partial charge in [0.25, 0.3) is 0 Å². The second kappa shape index (κ2) is 7.11. The molecule has 0 saturated heterocycles. The summed E-state index contributed by atoms with van der Waals surface area (Å²) in [7, 11) is 0. The number of benzene rings is 1. The van der Waals surface area contributed by atoms with Crippen molar-refractivity contribution in [2.75, 3.05) is 11.5 Å². The van der Waals surface area contributed by atoms with Crippen LogP contribution in [0, 0.1) is 5.82 Å². The normalized spacial score (nSPS) is 10.9. The highest BCUT2D eigenvalue weighted by Crippen LogP contribution is 2.25. The number of H-pyrrole nitrogens is 1. The minimum Gasteiger partial charge on any atom is -0.257 e. The summed E-state index contributed by atoms with van der Waals surface area (Å²) in [5.41, 5.74) is 0. The molecule has 0 bridgehead atoms. The van der Waals surface area contributed by atoms with Crippen LogP contribution >= 0.6 is 34.9 Å². The molecule has 108 valence electrons. The van der Waals surface area contributed by atoms with E-state index < -0.39 is 0 Å². The number of nitrogens with zero attached hydrogens (tertiary/aromatic N) is 2. The standard InChI is InChI=1S/C14H12FN3S3/c15-10-4-1-2-5-11(10)20-8-9-21-14-16-13(17-18-14)12-6-3-7-19-12/h1-7H,8-9H2,(H,16,17,18). The molecule has 0 aliphatic rings. The molecule has 0 aliphatic carbocycles. The van der Waals surface area contributed by atoms with Crippen LogP contribution in [-0.4, -0.2) is 26.7 Å². The number of halogens is 1. The number of hydrogen-bond acceptors (Lipinski definition) is 5. The summed E-state index contributed by atoms with van der Waals surface area (Å²) in [5.74, 6) is 2.29. The van der Waals surface area contributed by atoms with E-state index in [4.69, 9.17) is 0 Å². The zero-order chi connectivity index (χ0) is 14.5. The van der Waals surface area contributed by atoms with Crippen molar-refractivity contribution in [2.24, 2.45) is 0 Å². The Bertz CT molecular complexity index is 697. The quantitative estimate of drug-likeness (QED) is 0.529. The molecule has 2 aromatic heterocycles. The van der Waals surface area contributed by atoms with E-state index in [0.717, 1.165) is 27.4 Å². The molecule has 0 saturated carbocycles. The number of rotatable bonds is 6. The summed E-state index contributed by atoms with van der Waals surface area (Å²) < 4.78 is 13.4. The third kappa shape index (κ3) is 3.87. The van der Waals surface area contributed by atoms with E-state index in [1.165, 1.54) is 17.8 Å². The van der Waals surface area contributed by atoms with Gasteiger partial charge in [0.2, 0.25) is 5.16 Å². The molecule has 3 aromatic rings. The number of hydrogen-bond donors (Lipinski definition) is 1. The van der Waals surface area contributed by atoms with Gasteiger partial charge < -0.3 is 0 Å². The first-order chi connectivity index (χ1) is 10.3. The number of thioether (sulfide) groups is 2. The number of aromatic nitrogens is 3. The van der Waals surface area contributed by atoms with Crippen molar-refractivity contribution in [3.63, 3.8) is 0 Å². The molecule has 7 heteroatoms. The van der Waals surface area contributed by atoms with Crippen molar-refractivity contribution in [1.82, 2.24) is 15.2 Å². The Morgan fingerprint density at radius 3 is 2.76 bits per heavy atom. The fourth-order valence-corrected chi connectivity index (χ4v) is 4.06. The lowest BCUT2D eigenvalue weighted by Gasteiger charge is -2.01. The molecule has 0 atom stereocenters. The predicted octanol–water partition coefficient (Wildman–Crippen LogP) is 4.56. The first-order valence-electron chi connectivity index (χ1n) is 6.29. The lowest BCUT2D eigenvalue weighted by molar-refractivity contribution is 0.602. The van der Waals surface area contributed by atoms with Crippen LogP contribution in [-0.2, 0) is 0 Å². The molecular formula is C14H12FN3S3. The molecule has 1 aromatic carbocycles. The van der Waals surface area contributed by atoms with Gasteiger partial charge >= 0.3 is 0 Å². The van der Waals surface area contributed by atoms with Gasteiger partial charge in [-0.05, 0) is 23.6 Å². The fourth-order valence-electron chi connectivity index (χ4n) is 1.68. The fraction of sp³-hybridized carbons (Fsp3) is 0.143. The van der Waals surface area contributed by atoms with Crippen molar-refractivity contribution >= 4 is 34.9 Å². The second-order valence-corrected chi connectivity index (χ2v) is 7.22. The smallest absolute Gasteiger partial charge is 0.208 e. The van der Waals surface area contributed by atoms with Crippen LogP contribution < -0.4 is 0 Å². The molecule has 0 fully saturated rings. The topological polar surface area (TPSA) is 41.6 Å². The first-order valence-corrected chi connectivity index (χ1v) is 9.14. The van der Waals surface area contributed by atoms with Crippen molar-refractivity contribution < 1.29 is 4.39 Å². The summed E-state index contributed by atoms with van der Waals surface area (Å²) in [5, 5.41) is 9.86. The molecule has 1 N–H and O–H groups in total. The van der Waals surface area contributed by atoms with E-state index >= 15 is 0 Å². The molecule has 0 amide bonds. The summed E-state index contributed by atoms with van der Waals surface area (Å²) in [4.78, 5) is 6.20. The third-order valence-corrected chi connectivity index (χ3v) is 5.66. The average Bonchev–Trinajstić information content (AvgIpc) is 3.16. The summed E-state index contributed by atoms with van der Waals surface area (Å²) in [6.45, 7) is 0. The highest BCUT2D eigenvalue weighted by molar-refractivity contribution is 8.02. The maximum Gasteiger partial charge on any atom is 0.208 e. The SMILES string of the molecule is Fc1ccccc1SCCSc1n[nH]c(-c2cccs2)n1. The van der Waals surface area contributed by atoms with Crippen LogP contribution in [0.25, 0.3) is 10.7 Å². The van der Waals surface area contributed by atoms with Crippen LogP contribution in [0.4, 0.5) is 4.39 Å². The number of aromatic amines is 1. The van der Waals surface area contributed by atoms with E-state index in [9.17, 15) is 4.39 Å². The van der Waals surface area contributed by atoms with Gasteiger partial charge in [0.05, 0.1) is 4.88 Å². The molecule has 21 heavy (non-hydrogen) atoms. The lowest BCUT2D eigenvalue weighted by atomic mass is 10.3. The molecular weight excluding hydrogens is 325 g/mol. The van der Waals surface area contributed by atoms with Crippen LogP contribution in [0.15, 0.2) is 51.8 Å². The molecule has 0 radical (unpaired) electrons. The molecule has 3 nitrogen and oxygen atoms in total. The predicted molar refractivity (Wildman–Crippen MR) is 87.5 cm³/mol. The van der Waals surface area contributed by atoms with E-state index in [-0.39, 0.29) is 5.82 Å². The third-order valence-electron chi connectivity index (χ3n) is 2.63. The molecule has 0 unspecified atom stereocenters. The molecule has 2 heterocycles. The van der Waals surface area contributed by atoms with E-state index in [0.29, 0.717) is 4.90 Å². The Kier molecular flexibility index (Phi) is 4.95. The van der Waals surface area contributed by atoms with E-state index in [2.05, 4.69) is 15.2 Å². The average molecular weight is 337 g/mol. The van der Waals surface area contributed by atoms with Crippen molar-refractivity contribution in [3.8, 4) is 10.7 Å². The first kappa shape index (κ1) is 14.6. The largest absolute Gasteiger partial charge is 0.257 e. The number of nitrogens with one attached hydrogen (secondary N) is 1. The van der Waals surface area contributed by atoms with E-state index in [1.807, 2.05) is 23.6 Å². The summed E-state index contributed by atoms with van der Waals surface area (Å²) in [6.07, 6.45) is 0. The highest BCUT2D eigenvalue weighted by atomic mass is 32.2. The summed E-state index contributed by atoms with van der Waals surface area (Å²) in [6, 6.07) is 10.8. The summed E-state index contributed by atoms with van der Waals surface area (Å²) >= 11 is 4.71. The maximum atomic E-state index is 13.4. The zero-order valence-corrected chi connectivity index (χ0v) is 13.4. The van der Waals surface area contributed by atoms with E-state index in [1.54, 1.807) is 35.2 Å². The van der Waals surface area contributed by atoms with Gasteiger partial charge in [0.15, 0.2) is 5.82 Å². The zero-order valence-electron chi connectivity index (χ0n) is 11.0. The van der Waals surface area contributed by atoms with Crippen LogP contribution in [0.1, 0.15) is 0 Å². The van der Waals surface area contributed by atoms with Gasteiger partial charge in [0, 0.05) is 16.4 Å². The minimum absolute atomic E-state index is 0.162. The van der Waals surface area contributed by atoms with Gasteiger partial charge in [-0.15, -0.1) is 28.2 Å². The Morgan fingerprint density at radius 2 is 1.95 bits per heavy atom. The van der Waals surface area contributed by atoms with Crippen LogP contribution in [0.3, 0.4) is 0 Å². The highest BCUT2D eigenvalue weighted by Gasteiger charge is 2.07. The van der Waals surface area contributed by atoms with Gasteiger partial charge in [-0.2, -0.15) is 0 Å². The molecule has 0 spiro atoms. The Morgan fingerprint density at radius 1 is 1.10 bits per heavy atom. The monoisotopic (exact) mass is 337 g/mol. The maximum absolute atomic E-state index is 13.4. The number of thiophene rings is 1. The van der Waals surface area contributed by atoms with Gasteiger partial charge in [0.1, 0.15) is 5.82 Å². The van der Waals surface area contributed by atoms with Crippen molar-refractivity contribution in [2.45, 2.75) is 10.1 Å². The van der Waals surface area contributed by atoms with Crippen molar-refractivity contribution in [1.29, 1.82) is 0 Å². The lowest BCUT2D eigenvalue weighted by Crippen LogP contribution is -1.87. The van der Waals surface area contributed by atoms with Gasteiger partial charge in [-0.25, -0.2) is 9.37 Å². The Hall–Kier alpha value is -1.31. The van der Waals surface area contributed by atoms with Crippen LogP contribution in [0.2, 0.25) is 0 Å². The second-order valence-electron chi connectivity index (χ2n) is 4.07. The molecule has 0 aliphatic heterocycles. The minimum atomic E-state index is -0.162. The molecule has 3 rings (SSSR count). The van der Waals surface area contributed by atoms with Gasteiger partial charge in [-0.1, -0.05) is 30.0 Å². The Balaban J connectivity index is 1.49. The van der Waals surface area contributed by atoms with Crippen LogP contribution in [0.5, 0.6) is 0 Å².